The molecule has 0 saturated heterocycles. The number of hydrogen-bond acceptors (Lipinski definition) is 4. The molecule has 0 aliphatic heterocycles. The maximum Gasteiger partial charge on any atom is 0.326 e. The highest BCUT2D eigenvalue weighted by Crippen LogP contribution is 2.27. The molecule has 0 aromatic heterocycles. The van der Waals surface area contributed by atoms with E-state index in [0.717, 1.165) is 25.7 Å². The summed E-state index contributed by atoms with van der Waals surface area (Å²) >= 11 is 0. The van der Waals surface area contributed by atoms with Crippen LogP contribution in [0.4, 0.5) is 0 Å². The van der Waals surface area contributed by atoms with Crippen LogP contribution < -0.4 is 10.6 Å². The number of carboxylic acid groups (broad SMARTS) is 1. The first-order chi connectivity index (χ1) is 13.0. The van der Waals surface area contributed by atoms with Crippen molar-refractivity contribution in [3.8, 4) is 0 Å². The van der Waals surface area contributed by atoms with Crippen molar-refractivity contribution in [2.45, 2.75) is 82.7 Å². The Bertz CT molecular complexity index is 497. The fraction of sp³-hybridized carbons (Fsp3) is 0.850. The van der Waals surface area contributed by atoms with Gasteiger partial charge in [-0.2, -0.15) is 0 Å². The topological polar surface area (TPSA) is 105 Å². The number of aliphatic carboxylic acids is 1. The Balaban J connectivity index is 1.69. The fourth-order valence-corrected chi connectivity index (χ4v) is 4.22. The van der Waals surface area contributed by atoms with E-state index >= 15 is 0 Å². The molecule has 2 amide bonds. The number of nitrogens with one attached hydrogen (secondary N) is 2. The Morgan fingerprint density at radius 1 is 1.04 bits per heavy atom. The second-order valence-electron chi connectivity index (χ2n) is 8.01. The van der Waals surface area contributed by atoms with E-state index in [4.69, 9.17) is 4.74 Å². The van der Waals surface area contributed by atoms with Gasteiger partial charge in [-0.15, -0.1) is 0 Å². The Hall–Kier alpha value is -1.63. The van der Waals surface area contributed by atoms with Crippen LogP contribution in [-0.2, 0) is 19.1 Å². The van der Waals surface area contributed by atoms with Gasteiger partial charge in [-0.25, -0.2) is 4.79 Å². The summed E-state index contributed by atoms with van der Waals surface area (Å²) < 4.78 is 4.90. The van der Waals surface area contributed by atoms with Gasteiger partial charge in [0.15, 0.2) is 0 Å². The molecular weight excluding hydrogens is 348 g/mol. The van der Waals surface area contributed by atoms with Gasteiger partial charge in [-0.3, -0.25) is 9.59 Å². The zero-order valence-electron chi connectivity index (χ0n) is 16.4. The number of carbonyl (C=O) groups is 3. The van der Waals surface area contributed by atoms with Crippen molar-refractivity contribution in [3.63, 3.8) is 0 Å². The van der Waals surface area contributed by atoms with Crippen LogP contribution in [0.15, 0.2) is 0 Å². The van der Waals surface area contributed by atoms with Gasteiger partial charge in [-0.1, -0.05) is 19.3 Å². The van der Waals surface area contributed by atoms with Gasteiger partial charge in [-0.05, 0) is 44.4 Å². The van der Waals surface area contributed by atoms with E-state index in [1.54, 1.807) is 0 Å². The number of amides is 2. The van der Waals surface area contributed by atoms with Crippen molar-refractivity contribution in [3.05, 3.63) is 0 Å². The van der Waals surface area contributed by atoms with Crippen molar-refractivity contribution < 1.29 is 24.2 Å². The van der Waals surface area contributed by atoms with E-state index in [-0.39, 0.29) is 36.8 Å². The minimum absolute atomic E-state index is 0.133. The van der Waals surface area contributed by atoms with E-state index in [9.17, 15) is 19.5 Å². The third kappa shape index (κ3) is 7.48. The maximum absolute atomic E-state index is 12.4. The van der Waals surface area contributed by atoms with E-state index in [2.05, 4.69) is 10.6 Å². The van der Waals surface area contributed by atoms with Gasteiger partial charge in [0, 0.05) is 38.5 Å². The molecule has 2 saturated carbocycles. The first-order valence-electron chi connectivity index (χ1n) is 10.3. The van der Waals surface area contributed by atoms with Crippen LogP contribution in [0.3, 0.4) is 0 Å². The van der Waals surface area contributed by atoms with Crippen LogP contribution in [-0.4, -0.2) is 48.7 Å². The molecule has 27 heavy (non-hydrogen) atoms. The third-order valence-electron chi connectivity index (χ3n) is 5.89. The normalized spacial score (nSPS) is 24.8. The smallest absolute Gasteiger partial charge is 0.326 e. The number of rotatable bonds is 9. The first-order valence-corrected chi connectivity index (χ1v) is 10.3. The first kappa shape index (κ1) is 21.7. The van der Waals surface area contributed by atoms with Crippen LogP contribution in [0, 0.1) is 11.8 Å². The molecule has 0 bridgehead atoms. The third-order valence-corrected chi connectivity index (χ3v) is 5.89. The highest BCUT2D eigenvalue weighted by Gasteiger charge is 2.30. The monoisotopic (exact) mass is 382 g/mol. The van der Waals surface area contributed by atoms with Crippen molar-refractivity contribution in [1.82, 2.24) is 10.6 Å². The summed E-state index contributed by atoms with van der Waals surface area (Å²) in [7, 11) is 1.50. The minimum Gasteiger partial charge on any atom is -0.480 e. The van der Waals surface area contributed by atoms with Gasteiger partial charge in [0.25, 0.3) is 0 Å². The van der Waals surface area contributed by atoms with Gasteiger partial charge in [0.2, 0.25) is 11.8 Å². The molecule has 0 aromatic rings. The molecule has 7 heteroatoms. The van der Waals surface area contributed by atoms with Crippen LogP contribution >= 0.6 is 0 Å². The average Bonchev–Trinajstić information content (AvgIpc) is 2.66. The van der Waals surface area contributed by atoms with Gasteiger partial charge in [0.1, 0.15) is 6.04 Å². The number of carbonyl (C=O) groups excluding carboxylic acids is 2. The van der Waals surface area contributed by atoms with Crippen molar-refractivity contribution in [2.75, 3.05) is 13.7 Å². The molecule has 2 rings (SSSR count). The van der Waals surface area contributed by atoms with Gasteiger partial charge >= 0.3 is 5.97 Å². The quantitative estimate of drug-likeness (QED) is 0.567. The molecule has 1 unspecified atom stereocenters. The van der Waals surface area contributed by atoms with Gasteiger partial charge < -0.3 is 20.5 Å². The van der Waals surface area contributed by atoms with Gasteiger partial charge in [0.05, 0.1) is 0 Å². The Morgan fingerprint density at radius 2 is 1.70 bits per heavy atom. The molecule has 2 aliphatic rings. The fourth-order valence-electron chi connectivity index (χ4n) is 4.22. The van der Waals surface area contributed by atoms with E-state index in [1.807, 2.05) is 0 Å². The van der Waals surface area contributed by atoms with E-state index in [1.165, 1.54) is 26.4 Å². The van der Waals surface area contributed by atoms with E-state index in [0.29, 0.717) is 25.2 Å². The molecule has 7 nitrogen and oxygen atoms in total. The van der Waals surface area contributed by atoms with Crippen LogP contribution in [0.1, 0.15) is 70.6 Å². The molecule has 154 valence electrons. The Morgan fingerprint density at radius 3 is 2.30 bits per heavy atom. The standard InChI is InChI=1S/C20H34N2O5/c1-27-12-11-17(20(25)26)22-19(24)15-7-9-16(10-8-15)21-18(23)13-14-5-3-2-4-6-14/h14-17H,2-13H2,1H3,(H,21,23)(H,22,24)(H,25,26). The predicted octanol–water partition coefficient (Wildman–Crippen LogP) is 2.24. The molecule has 0 heterocycles. The zero-order valence-corrected chi connectivity index (χ0v) is 16.4. The largest absolute Gasteiger partial charge is 0.480 e. The molecule has 2 aliphatic carbocycles. The number of methoxy groups -OCH3 is 1. The highest BCUT2D eigenvalue weighted by atomic mass is 16.5. The summed E-state index contributed by atoms with van der Waals surface area (Å²) in [6.45, 7) is 0.289. The molecule has 1 atom stereocenters. The van der Waals surface area contributed by atoms with Crippen LogP contribution in [0.2, 0.25) is 0 Å². The van der Waals surface area contributed by atoms with Crippen molar-refractivity contribution >= 4 is 17.8 Å². The Kier molecular flexibility index (Phi) is 9.04. The summed E-state index contributed by atoms with van der Waals surface area (Å²) in [6, 6.07) is -0.778. The lowest BCUT2D eigenvalue weighted by molar-refractivity contribution is -0.143. The van der Waals surface area contributed by atoms with E-state index < -0.39 is 12.0 Å². The molecule has 0 radical (unpaired) electrons. The van der Waals surface area contributed by atoms with Crippen LogP contribution in [0.5, 0.6) is 0 Å². The molecule has 0 aromatic carbocycles. The van der Waals surface area contributed by atoms with Crippen molar-refractivity contribution in [2.24, 2.45) is 11.8 Å². The lowest BCUT2D eigenvalue weighted by atomic mass is 9.84. The zero-order chi connectivity index (χ0) is 19.6. The molecule has 2 fully saturated rings. The average molecular weight is 383 g/mol. The lowest BCUT2D eigenvalue weighted by Crippen LogP contribution is -2.46. The second kappa shape index (κ2) is 11.3. The van der Waals surface area contributed by atoms with Crippen molar-refractivity contribution in [1.29, 1.82) is 0 Å². The molecule has 3 N–H and O–H groups in total. The number of carboxylic acids is 1. The summed E-state index contributed by atoms with van der Waals surface area (Å²) in [5.41, 5.74) is 0. The second-order valence-corrected chi connectivity index (χ2v) is 8.01. The summed E-state index contributed by atoms with van der Waals surface area (Å²) in [6.07, 6.45) is 9.85. The summed E-state index contributed by atoms with van der Waals surface area (Å²) in [5.74, 6) is -0.753. The minimum atomic E-state index is -1.04. The maximum atomic E-state index is 12.4. The van der Waals surface area contributed by atoms with Crippen LogP contribution in [0.25, 0.3) is 0 Å². The SMILES string of the molecule is COCCC(NC(=O)C1CCC(NC(=O)CC2CCCCC2)CC1)C(=O)O. The highest BCUT2D eigenvalue weighted by molar-refractivity contribution is 5.85. The number of hydrogen-bond donors (Lipinski definition) is 3. The number of ether oxygens (including phenoxy) is 1. The summed E-state index contributed by atoms with van der Waals surface area (Å²) in [4.78, 5) is 35.9. The molecular formula is C20H34N2O5. The Labute approximate surface area is 161 Å². The summed E-state index contributed by atoms with van der Waals surface area (Å²) in [5, 5.41) is 15.0. The predicted molar refractivity (Wildman–Crippen MR) is 101 cm³/mol. The molecule has 0 spiro atoms. The lowest BCUT2D eigenvalue weighted by Gasteiger charge is -2.30.